The molecule has 0 amide bonds. The van der Waals surface area contributed by atoms with Crippen molar-refractivity contribution in [2.24, 2.45) is 0 Å². The van der Waals surface area contributed by atoms with Crippen molar-refractivity contribution < 1.29 is 0 Å². The van der Waals surface area contributed by atoms with Crippen LogP contribution in [-0.2, 0) is 0 Å². The van der Waals surface area contributed by atoms with Crippen LogP contribution in [0.1, 0.15) is 26.2 Å². The lowest BCUT2D eigenvalue weighted by Gasteiger charge is -2.27. The van der Waals surface area contributed by atoms with E-state index in [9.17, 15) is 0 Å². The fraction of sp³-hybridized carbons (Fsp3) is 0.200. The molecule has 0 saturated carbocycles. The van der Waals surface area contributed by atoms with E-state index in [0.29, 0.717) is 0 Å². The van der Waals surface area contributed by atoms with Gasteiger partial charge in [-0.05, 0) is 42.8 Å². The molecule has 0 bridgehead atoms. The minimum atomic E-state index is -1.65. The number of allylic oxidation sites excluding steroid dienone is 2. The molecule has 0 N–H and O–H groups in total. The van der Waals surface area contributed by atoms with Crippen LogP contribution in [0.4, 0.5) is 0 Å². The average molecular weight is 359 g/mol. The molecular weight excluding hydrogens is 331 g/mol. The van der Waals surface area contributed by atoms with Gasteiger partial charge in [0.25, 0.3) is 0 Å². The number of rotatable bonds is 8. The third-order valence-corrected chi connectivity index (χ3v) is 9.31. The van der Waals surface area contributed by atoms with Crippen LogP contribution in [0.25, 0.3) is 0 Å². The lowest BCUT2D eigenvalue weighted by molar-refractivity contribution is 0.952. The van der Waals surface area contributed by atoms with Gasteiger partial charge in [-0.15, -0.1) is 0 Å². The first-order chi connectivity index (χ1) is 12.9. The first kappa shape index (κ1) is 18.6. The van der Waals surface area contributed by atoms with Gasteiger partial charge >= 0.3 is 0 Å². The standard InChI is InChI=1S/C25H28P/c1-2-3-4-5-15-22-26(23-16-9-6-10-17-23,24-18-11-7-12-19-24)25-20-13-8-14-21-25/h4-14,16-21H,2-3,15,22H2,1H3/q+1/b5-4+. The molecule has 0 unspecified atom stereocenters. The summed E-state index contributed by atoms with van der Waals surface area (Å²) in [6.45, 7) is 2.24. The van der Waals surface area contributed by atoms with Crippen LogP contribution in [0.3, 0.4) is 0 Å². The van der Waals surface area contributed by atoms with E-state index in [4.69, 9.17) is 0 Å². The zero-order chi connectivity index (χ0) is 18.1. The van der Waals surface area contributed by atoms with Crippen LogP contribution in [-0.4, -0.2) is 6.16 Å². The predicted molar refractivity (Wildman–Crippen MR) is 119 cm³/mol. The van der Waals surface area contributed by atoms with Gasteiger partial charge in [0.1, 0.15) is 23.2 Å². The van der Waals surface area contributed by atoms with Gasteiger partial charge in [-0.1, -0.05) is 80.1 Å². The van der Waals surface area contributed by atoms with Gasteiger partial charge in [0, 0.05) is 6.42 Å². The third-order valence-electron chi connectivity index (χ3n) is 4.84. The van der Waals surface area contributed by atoms with Gasteiger partial charge in [0.2, 0.25) is 0 Å². The molecule has 132 valence electrons. The van der Waals surface area contributed by atoms with Crippen molar-refractivity contribution in [1.82, 2.24) is 0 Å². The number of hydrogen-bond acceptors (Lipinski definition) is 0. The monoisotopic (exact) mass is 359 g/mol. The maximum atomic E-state index is 2.38. The molecule has 1 heteroatoms. The molecule has 0 radical (unpaired) electrons. The van der Waals surface area contributed by atoms with E-state index < -0.39 is 7.26 Å². The maximum Gasteiger partial charge on any atom is 0.112 e. The van der Waals surface area contributed by atoms with Crippen molar-refractivity contribution in [3.05, 3.63) is 103 Å². The van der Waals surface area contributed by atoms with Gasteiger partial charge in [-0.2, -0.15) is 0 Å². The molecule has 0 aliphatic rings. The molecule has 0 nitrogen and oxygen atoms in total. The highest BCUT2D eigenvalue weighted by Crippen LogP contribution is 2.55. The zero-order valence-electron chi connectivity index (χ0n) is 15.6. The SMILES string of the molecule is CCC/C=C/CC[P+](c1ccccc1)(c1ccccc1)c1ccccc1. The molecule has 0 aliphatic carbocycles. The molecular formula is C25H28P+. The number of benzene rings is 3. The lowest BCUT2D eigenvalue weighted by atomic mass is 10.3. The Hall–Kier alpha value is -2.17. The molecule has 0 atom stereocenters. The van der Waals surface area contributed by atoms with Crippen molar-refractivity contribution in [3.8, 4) is 0 Å². The second-order valence-corrected chi connectivity index (χ2v) is 10.2. The highest BCUT2D eigenvalue weighted by atomic mass is 31.2. The van der Waals surface area contributed by atoms with Crippen LogP contribution >= 0.6 is 7.26 Å². The third kappa shape index (κ3) is 4.14. The fourth-order valence-electron chi connectivity index (χ4n) is 3.55. The van der Waals surface area contributed by atoms with Gasteiger partial charge in [0.05, 0.1) is 6.16 Å². The van der Waals surface area contributed by atoms with Crippen molar-refractivity contribution in [3.63, 3.8) is 0 Å². The molecule has 0 spiro atoms. The van der Waals surface area contributed by atoms with Crippen LogP contribution in [0.5, 0.6) is 0 Å². The Labute approximate surface area is 158 Å². The molecule has 26 heavy (non-hydrogen) atoms. The smallest absolute Gasteiger partial charge is 0.0884 e. The molecule has 3 rings (SSSR count). The zero-order valence-corrected chi connectivity index (χ0v) is 16.5. The lowest BCUT2D eigenvalue weighted by Crippen LogP contribution is -2.33. The predicted octanol–water partition coefficient (Wildman–Crippen LogP) is 5.73. The largest absolute Gasteiger partial charge is 0.112 e. The van der Waals surface area contributed by atoms with Crippen LogP contribution < -0.4 is 15.9 Å². The summed E-state index contributed by atoms with van der Waals surface area (Å²) in [6, 6.07) is 33.4. The van der Waals surface area contributed by atoms with Gasteiger partial charge in [-0.3, -0.25) is 0 Å². The minimum Gasteiger partial charge on any atom is -0.0884 e. The van der Waals surface area contributed by atoms with E-state index in [-0.39, 0.29) is 0 Å². The van der Waals surface area contributed by atoms with Gasteiger partial charge in [0.15, 0.2) is 0 Å². The highest BCUT2D eigenvalue weighted by Gasteiger charge is 2.44. The molecule has 3 aromatic rings. The van der Waals surface area contributed by atoms with E-state index in [2.05, 4.69) is 110 Å². The average Bonchev–Trinajstić information content (AvgIpc) is 2.73. The Bertz CT molecular complexity index is 695. The Morgan fingerprint density at radius 2 is 0.962 bits per heavy atom. The summed E-state index contributed by atoms with van der Waals surface area (Å²) in [7, 11) is -1.65. The van der Waals surface area contributed by atoms with Crippen LogP contribution in [0.2, 0.25) is 0 Å². The summed E-state index contributed by atoms with van der Waals surface area (Å²) in [5.41, 5.74) is 0. The molecule has 0 heterocycles. The Morgan fingerprint density at radius 3 is 1.35 bits per heavy atom. The number of hydrogen-bond donors (Lipinski definition) is 0. The van der Waals surface area contributed by atoms with Crippen molar-refractivity contribution in [1.29, 1.82) is 0 Å². The van der Waals surface area contributed by atoms with Crippen LogP contribution in [0.15, 0.2) is 103 Å². The van der Waals surface area contributed by atoms with E-state index in [1.165, 1.54) is 34.9 Å². The first-order valence-corrected chi connectivity index (χ1v) is 11.6. The summed E-state index contributed by atoms with van der Waals surface area (Å²) in [6.07, 6.45) is 9.40. The first-order valence-electron chi connectivity index (χ1n) is 9.58. The summed E-state index contributed by atoms with van der Waals surface area (Å²) >= 11 is 0. The fourth-order valence-corrected chi connectivity index (χ4v) is 7.80. The molecule has 3 aromatic carbocycles. The topological polar surface area (TPSA) is 0 Å². The Balaban J connectivity index is 2.11. The molecule has 0 aromatic heterocycles. The van der Waals surface area contributed by atoms with Crippen molar-refractivity contribution in [2.45, 2.75) is 26.2 Å². The second kappa shape index (κ2) is 9.51. The normalized spacial score (nSPS) is 11.7. The van der Waals surface area contributed by atoms with E-state index >= 15 is 0 Å². The second-order valence-electron chi connectivity index (χ2n) is 6.59. The van der Waals surface area contributed by atoms with E-state index in [1.54, 1.807) is 0 Å². The van der Waals surface area contributed by atoms with E-state index in [1.807, 2.05) is 0 Å². The quantitative estimate of drug-likeness (QED) is 0.356. The molecule has 0 saturated heterocycles. The molecule has 0 fully saturated rings. The maximum absolute atomic E-state index is 2.38. The van der Waals surface area contributed by atoms with Crippen molar-refractivity contribution in [2.75, 3.05) is 6.16 Å². The summed E-state index contributed by atoms with van der Waals surface area (Å²) in [5.74, 6) is 0. The van der Waals surface area contributed by atoms with Crippen molar-refractivity contribution >= 4 is 23.2 Å². The Kier molecular flexibility index (Phi) is 6.81. The number of unbranched alkanes of at least 4 members (excludes halogenated alkanes) is 1. The van der Waals surface area contributed by atoms with E-state index in [0.717, 1.165) is 6.42 Å². The summed E-state index contributed by atoms with van der Waals surface area (Å²) in [5, 5.41) is 4.42. The minimum absolute atomic E-state index is 1.12. The van der Waals surface area contributed by atoms with Crippen LogP contribution in [0, 0.1) is 0 Å². The van der Waals surface area contributed by atoms with Gasteiger partial charge < -0.3 is 0 Å². The van der Waals surface area contributed by atoms with Gasteiger partial charge in [-0.25, -0.2) is 0 Å². The highest BCUT2D eigenvalue weighted by molar-refractivity contribution is 7.95. The molecule has 0 aliphatic heterocycles. The summed E-state index contributed by atoms with van der Waals surface area (Å²) < 4.78 is 0. The Morgan fingerprint density at radius 1 is 0.577 bits per heavy atom. The summed E-state index contributed by atoms with van der Waals surface area (Å²) in [4.78, 5) is 0.